The number of Topliss-reactive ketones (excluding diaryl/α,β-unsaturated/α-hetero) is 1. The highest BCUT2D eigenvalue weighted by Gasteiger charge is 2.22. The van der Waals surface area contributed by atoms with Gasteiger partial charge in [0.1, 0.15) is 17.7 Å². The summed E-state index contributed by atoms with van der Waals surface area (Å²) >= 11 is 0. The molecule has 3 aromatic heterocycles. The average Bonchev–Trinajstić information content (AvgIpc) is 3.52. The van der Waals surface area contributed by atoms with Crippen LogP contribution in [-0.4, -0.2) is 37.4 Å². The van der Waals surface area contributed by atoms with E-state index in [-0.39, 0.29) is 11.9 Å². The summed E-state index contributed by atoms with van der Waals surface area (Å²) in [5.74, 6) is 0.730. The number of ketones is 1. The van der Waals surface area contributed by atoms with Crippen molar-refractivity contribution in [1.29, 1.82) is 0 Å². The zero-order valence-corrected chi connectivity index (χ0v) is 16.1. The minimum atomic E-state index is 0.0537. The monoisotopic (exact) mass is 386 g/mol. The third-order valence-corrected chi connectivity index (χ3v) is 5.40. The van der Waals surface area contributed by atoms with Gasteiger partial charge in [-0.25, -0.2) is 9.97 Å². The number of rotatable bonds is 6. The first-order chi connectivity index (χ1) is 14.3. The van der Waals surface area contributed by atoms with Crippen LogP contribution in [0.4, 0.5) is 0 Å². The van der Waals surface area contributed by atoms with Gasteiger partial charge >= 0.3 is 0 Å². The van der Waals surface area contributed by atoms with E-state index in [2.05, 4.69) is 4.98 Å². The van der Waals surface area contributed by atoms with Crippen molar-refractivity contribution >= 4 is 11.3 Å². The van der Waals surface area contributed by atoms with Crippen molar-refractivity contribution in [3.05, 3.63) is 72.9 Å². The number of hydrogen-bond acceptors (Lipinski definition) is 4. The highest BCUT2D eigenvalue weighted by Crippen LogP contribution is 2.25. The van der Waals surface area contributed by atoms with Crippen LogP contribution in [-0.2, 0) is 4.74 Å². The molecule has 1 fully saturated rings. The predicted molar refractivity (Wildman–Crippen MR) is 110 cm³/mol. The highest BCUT2D eigenvalue weighted by molar-refractivity contribution is 6.01. The largest absolute Gasteiger partial charge is 0.378 e. The van der Waals surface area contributed by atoms with Crippen molar-refractivity contribution < 1.29 is 9.53 Å². The Balaban J connectivity index is 1.47. The van der Waals surface area contributed by atoms with Gasteiger partial charge in [-0.2, -0.15) is 0 Å². The fourth-order valence-corrected chi connectivity index (χ4v) is 3.89. The Kier molecular flexibility index (Phi) is 4.69. The first-order valence-electron chi connectivity index (χ1n) is 10.0. The molecule has 1 unspecified atom stereocenters. The molecule has 146 valence electrons. The summed E-state index contributed by atoms with van der Waals surface area (Å²) in [6.45, 7) is 0.806. The molecule has 0 radical (unpaired) electrons. The summed E-state index contributed by atoms with van der Waals surface area (Å²) < 4.78 is 9.55. The van der Waals surface area contributed by atoms with E-state index in [1.807, 2.05) is 69.9 Å². The van der Waals surface area contributed by atoms with Gasteiger partial charge in [-0.1, -0.05) is 24.3 Å². The fourth-order valence-electron chi connectivity index (χ4n) is 3.89. The number of imidazole rings is 2. The summed E-state index contributed by atoms with van der Waals surface area (Å²) in [6.07, 6.45) is 9.17. The minimum Gasteiger partial charge on any atom is -0.378 e. The second kappa shape index (κ2) is 7.64. The van der Waals surface area contributed by atoms with Crippen molar-refractivity contribution in [2.75, 3.05) is 6.61 Å². The lowest BCUT2D eigenvalue weighted by Crippen LogP contribution is -2.09. The Labute approximate surface area is 168 Å². The third kappa shape index (κ3) is 3.47. The quantitative estimate of drug-likeness (QED) is 0.463. The summed E-state index contributed by atoms with van der Waals surface area (Å²) in [5, 5.41) is 0. The van der Waals surface area contributed by atoms with Crippen molar-refractivity contribution in [3.63, 3.8) is 0 Å². The van der Waals surface area contributed by atoms with Crippen LogP contribution in [0.3, 0.4) is 0 Å². The molecular formula is C23H22N4O2. The molecule has 1 aliphatic rings. The van der Waals surface area contributed by atoms with E-state index < -0.39 is 0 Å². The number of benzene rings is 1. The Morgan fingerprint density at radius 3 is 2.83 bits per heavy atom. The molecule has 0 saturated carbocycles. The lowest BCUT2D eigenvalue weighted by atomic mass is 10.1. The van der Waals surface area contributed by atoms with Gasteiger partial charge in [-0.15, -0.1) is 0 Å². The van der Waals surface area contributed by atoms with E-state index >= 15 is 0 Å². The van der Waals surface area contributed by atoms with E-state index in [0.717, 1.165) is 42.8 Å². The molecule has 0 aliphatic carbocycles. The van der Waals surface area contributed by atoms with Gasteiger partial charge in [-0.05, 0) is 43.5 Å². The SMILES string of the molecule is O=C(CCC1CCCO1)c1nc(-c2cn(-c3ccccc3)cn2)n2ccccc12. The Hall–Kier alpha value is -3.25. The number of hydrogen-bond donors (Lipinski definition) is 0. The molecule has 1 aromatic carbocycles. The van der Waals surface area contributed by atoms with Crippen LogP contribution in [0.1, 0.15) is 36.2 Å². The van der Waals surface area contributed by atoms with Crippen molar-refractivity contribution in [3.8, 4) is 17.2 Å². The molecule has 1 saturated heterocycles. The van der Waals surface area contributed by atoms with Gasteiger partial charge in [0.25, 0.3) is 0 Å². The summed E-state index contributed by atoms with van der Waals surface area (Å²) in [5.41, 5.74) is 3.08. The van der Waals surface area contributed by atoms with Crippen LogP contribution >= 0.6 is 0 Å². The molecule has 0 N–H and O–H groups in total. The number of fused-ring (bicyclic) bond motifs is 1. The fraction of sp³-hybridized carbons (Fsp3) is 0.261. The topological polar surface area (TPSA) is 61.4 Å². The maximum absolute atomic E-state index is 12.9. The van der Waals surface area contributed by atoms with Gasteiger partial charge in [0.2, 0.25) is 0 Å². The number of carbonyl (C=O) groups excluding carboxylic acids is 1. The molecule has 1 aliphatic heterocycles. The molecule has 1 atom stereocenters. The molecule has 0 spiro atoms. The van der Waals surface area contributed by atoms with Gasteiger partial charge in [0, 0.05) is 31.1 Å². The lowest BCUT2D eigenvalue weighted by Gasteiger charge is -2.07. The number of pyridine rings is 1. The van der Waals surface area contributed by atoms with E-state index in [0.29, 0.717) is 17.9 Å². The van der Waals surface area contributed by atoms with E-state index in [1.165, 1.54) is 0 Å². The maximum Gasteiger partial charge on any atom is 0.183 e. The second-order valence-corrected chi connectivity index (χ2v) is 7.34. The Bertz CT molecular complexity index is 1140. The van der Waals surface area contributed by atoms with Crippen molar-refractivity contribution in [2.45, 2.75) is 31.8 Å². The van der Waals surface area contributed by atoms with Crippen LogP contribution in [0.25, 0.3) is 22.7 Å². The molecule has 6 heteroatoms. The van der Waals surface area contributed by atoms with Gasteiger partial charge in [0.15, 0.2) is 11.6 Å². The van der Waals surface area contributed by atoms with E-state index in [1.54, 1.807) is 6.33 Å². The molecule has 4 aromatic rings. The van der Waals surface area contributed by atoms with E-state index in [9.17, 15) is 4.79 Å². The van der Waals surface area contributed by atoms with Crippen LogP contribution < -0.4 is 0 Å². The van der Waals surface area contributed by atoms with Crippen LogP contribution in [0, 0.1) is 0 Å². The Morgan fingerprint density at radius 2 is 2.00 bits per heavy atom. The first kappa shape index (κ1) is 17.8. The molecule has 0 amide bonds. The first-order valence-corrected chi connectivity index (χ1v) is 10.0. The lowest BCUT2D eigenvalue weighted by molar-refractivity contribution is 0.0857. The average molecular weight is 386 g/mol. The summed E-state index contributed by atoms with van der Waals surface area (Å²) in [6, 6.07) is 15.8. The summed E-state index contributed by atoms with van der Waals surface area (Å²) in [7, 11) is 0. The van der Waals surface area contributed by atoms with Crippen LogP contribution in [0.5, 0.6) is 0 Å². The zero-order chi connectivity index (χ0) is 19.6. The molecule has 29 heavy (non-hydrogen) atoms. The molecule has 4 heterocycles. The normalized spacial score (nSPS) is 16.5. The molecular weight excluding hydrogens is 364 g/mol. The number of carbonyl (C=O) groups is 1. The van der Waals surface area contributed by atoms with Gasteiger partial charge < -0.3 is 9.30 Å². The third-order valence-electron chi connectivity index (χ3n) is 5.40. The smallest absolute Gasteiger partial charge is 0.183 e. The predicted octanol–water partition coefficient (Wildman–Crippen LogP) is 4.33. The van der Waals surface area contributed by atoms with Crippen LogP contribution in [0.15, 0.2) is 67.3 Å². The van der Waals surface area contributed by atoms with Gasteiger partial charge in [-0.3, -0.25) is 9.20 Å². The molecule has 0 bridgehead atoms. The number of aromatic nitrogens is 4. The van der Waals surface area contributed by atoms with Crippen LogP contribution in [0.2, 0.25) is 0 Å². The molecule has 6 nitrogen and oxygen atoms in total. The van der Waals surface area contributed by atoms with Crippen molar-refractivity contribution in [1.82, 2.24) is 18.9 Å². The summed E-state index contributed by atoms with van der Waals surface area (Å²) in [4.78, 5) is 22.2. The Morgan fingerprint density at radius 1 is 1.14 bits per heavy atom. The standard InChI is InChI=1S/C23H22N4O2/c28-21(12-11-18-9-6-14-29-18)22-20-10-4-5-13-27(20)23(25-22)19-15-26(16-24-19)17-7-2-1-3-8-17/h1-5,7-8,10,13,15-16,18H,6,9,11-12,14H2. The van der Waals surface area contributed by atoms with Gasteiger partial charge in [0.05, 0.1) is 11.6 Å². The highest BCUT2D eigenvalue weighted by atomic mass is 16.5. The number of para-hydroxylation sites is 1. The zero-order valence-electron chi connectivity index (χ0n) is 16.1. The number of ether oxygens (including phenoxy) is 1. The van der Waals surface area contributed by atoms with E-state index in [4.69, 9.17) is 9.72 Å². The molecule has 5 rings (SSSR count). The number of nitrogens with zero attached hydrogens (tertiary/aromatic N) is 4. The minimum absolute atomic E-state index is 0.0537. The maximum atomic E-state index is 12.9. The van der Waals surface area contributed by atoms with Crippen molar-refractivity contribution in [2.24, 2.45) is 0 Å². The second-order valence-electron chi connectivity index (χ2n) is 7.34.